The molecule has 2 heterocycles. The molecule has 0 radical (unpaired) electrons. The van der Waals surface area contributed by atoms with E-state index < -0.39 is 11.9 Å². The van der Waals surface area contributed by atoms with Crippen LogP contribution in [0.5, 0.6) is 5.75 Å². The standard InChI is InChI=1S/C25H21NO6S/c1-15-7-8-16(2)21(13-15)31-12-11-26-23(27)22(33-25(26)30)14-17-9-10-20(32-17)18-5-3-4-6-19(18)24(28)29/h3-10,13-14H,11-12H2,1-2H3,(H,28,29)/b22-14-. The largest absolute Gasteiger partial charge is 0.491 e. The van der Waals surface area contributed by atoms with Gasteiger partial charge < -0.3 is 14.3 Å². The van der Waals surface area contributed by atoms with Gasteiger partial charge in [-0.25, -0.2) is 4.79 Å². The summed E-state index contributed by atoms with van der Waals surface area (Å²) in [7, 11) is 0. The zero-order chi connectivity index (χ0) is 23.5. The summed E-state index contributed by atoms with van der Waals surface area (Å²) in [5, 5.41) is 9.00. The molecule has 3 aromatic rings. The van der Waals surface area contributed by atoms with E-state index in [0.717, 1.165) is 33.5 Å². The molecule has 8 heteroatoms. The van der Waals surface area contributed by atoms with Crippen molar-refractivity contribution < 1.29 is 28.6 Å². The van der Waals surface area contributed by atoms with E-state index in [-0.39, 0.29) is 28.9 Å². The van der Waals surface area contributed by atoms with Crippen molar-refractivity contribution in [3.8, 4) is 17.1 Å². The molecule has 0 atom stereocenters. The first-order valence-electron chi connectivity index (χ1n) is 10.2. The van der Waals surface area contributed by atoms with Crippen molar-refractivity contribution in [1.29, 1.82) is 0 Å². The molecule has 1 aromatic heterocycles. The lowest BCUT2D eigenvalue weighted by Gasteiger charge is -2.14. The fourth-order valence-corrected chi connectivity index (χ4v) is 4.24. The highest BCUT2D eigenvalue weighted by Gasteiger charge is 2.35. The molecule has 33 heavy (non-hydrogen) atoms. The molecule has 0 bridgehead atoms. The lowest BCUT2D eigenvalue weighted by atomic mass is 10.1. The van der Waals surface area contributed by atoms with Gasteiger partial charge in [0.05, 0.1) is 17.0 Å². The number of aromatic carboxylic acids is 1. The molecule has 0 saturated carbocycles. The molecule has 2 amide bonds. The number of carbonyl (C=O) groups excluding carboxylic acids is 2. The normalized spacial score (nSPS) is 14.8. The second-order valence-electron chi connectivity index (χ2n) is 7.50. The number of furan rings is 1. The summed E-state index contributed by atoms with van der Waals surface area (Å²) >= 11 is 0.830. The Bertz CT molecular complexity index is 1280. The number of benzene rings is 2. The zero-order valence-electron chi connectivity index (χ0n) is 18.0. The van der Waals surface area contributed by atoms with Crippen LogP contribution < -0.4 is 4.74 Å². The second kappa shape index (κ2) is 9.38. The van der Waals surface area contributed by atoms with Gasteiger partial charge in [-0.15, -0.1) is 0 Å². The highest BCUT2D eigenvalue weighted by atomic mass is 32.2. The minimum atomic E-state index is -1.06. The topological polar surface area (TPSA) is 97.1 Å². The van der Waals surface area contributed by atoms with E-state index in [9.17, 15) is 19.5 Å². The van der Waals surface area contributed by atoms with E-state index >= 15 is 0 Å². The number of hydrogen-bond donors (Lipinski definition) is 1. The Morgan fingerprint density at radius 3 is 2.70 bits per heavy atom. The molecule has 1 fully saturated rings. The quantitative estimate of drug-likeness (QED) is 0.470. The Balaban J connectivity index is 1.45. The Kier molecular flexibility index (Phi) is 6.37. The molecule has 1 aliphatic heterocycles. The molecule has 0 unspecified atom stereocenters. The number of carboxylic acids is 1. The first kappa shape index (κ1) is 22.4. The molecule has 1 aliphatic rings. The van der Waals surface area contributed by atoms with Crippen LogP contribution in [0.25, 0.3) is 17.4 Å². The SMILES string of the molecule is Cc1ccc(C)c(OCCN2C(=O)S/C(=C\c3ccc(-c4ccccc4C(=O)O)o3)C2=O)c1. The fraction of sp³-hybridized carbons (Fsp3) is 0.160. The number of imide groups is 1. The first-order chi connectivity index (χ1) is 15.8. The fourth-order valence-electron chi connectivity index (χ4n) is 3.39. The van der Waals surface area contributed by atoms with Crippen LogP contribution in [0.4, 0.5) is 4.79 Å². The molecule has 168 valence electrons. The van der Waals surface area contributed by atoms with Gasteiger partial charge in [0.2, 0.25) is 0 Å². The van der Waals surface area contributed by atoms with E-state index in [1.165, 1.54) is 12.1 Å². The molecule has 1 saturated heterocycles. The molecule has 0 spiro atoms. The maximum atomic E-state index is 12.7. The van der Waals surface area contributed by atoms with Crippen LogP contribution in [0.3, 0.4) is 0 Å². The maximum Gasteiger partial charge on any atom is 0.336 e. The van der Waals surface area contributed by atoms with Crippen LogP contribution in [0.15, 0.2) is 63.9 Å². The predicted octanol–water partition coefficient (Wildman–Crippen LogP) is 5.38. The van der Waals surface area contributed by atoms with Gasteiger partial charge in [-0.1, -0.05) is 30.3 Å². The van der Waals surface area contributed by atoms with Crippen LogP contribution in [0, 0.1) is 13.8 Å². The highest BCUT2D eigenvalue weighted by molar-refractivity contribution is 8.18. The van der Waals surface area contributed by atoms with Crippen molar-refractivity contribution in [2.75, 3.05) is 13.2 Å². The molecule has 0 aliphatic carbocycles. The van der Waals surface area contributed by atoms with Gasteiger partial charge in [0.15, 0.2) is 0 Å². The van der Waals surface area contributed by atoms with E-state index in [1.54, 1.807) is 30.3 Å². The summed E-state index contributed by atoms with van der Waals surface area (Å²) in [6.07, 6.45) is 1.49. The molecule has 4 rings (SSSR count). The summed E-state index contributed by atoms with van der Waals surface area (Å²) in [5.74, 6) is -0.0452. The average Bonchev–Trinajstić information content (AvgIpc) is 3.36. The minimum absolute atomic E-state index is 0.113. The van der Waals surface area contributed by atoms with E-state index in [2.05, 4.69) is 0 Å². The van der Waals surface area contributed by atoms with E-state index in [0.29, 0.717) is 17.1 Å². The van der Waals surface area contributed by atoms with Crippen molar-refractivity contribution >= 4 is 35.0 Å². The molecular formula is C25H21NO6S. The maximum absolute atomic E-state index is 12.7. The van der Waals surface area contributed by atoms with Crippen molar-refractivity contribution in [2.45, 2.75) is 13.8 Å². The van der Waals surface area contributed by atoms with Crippen molar-refractivity contribution in [3.05, 3.63) is 82.0 Å². The Morgan fingerprint density at radius 2 is 1.91 bits per heavy atom. The van der Waals surface area contributed by atoms with Crippen molar-refractivity contribution in [2.24, 2.45) is 0 Å². The third-order valence-corrected chi connectivity index (χ3v) is 6.02. The number of rotatable bonds is 7. The lowest BCUT2D eigenvalue weighted by molar-refractivity contribution is -0.123. The van der Waals surface area contributed by atoms with E-state index in [4.69, 9.17) is 9.15 Å². The monoisotopic (exact) mass is 463 g/mol. The number of carbonyl (C=O) groups is 3. The van der Waals surface area contributed by atoms with Crippen molar-refractivity contribution in [1.82, 2.24) is 4.90 Å². The number of hydrogen-bond acceptors (Lipinski definition) is 6. The summed E-state index contributed by atoms with van der Waals surface area (Å²) in [6, 6.07) is 15.6. The Labute approximate surface area is 194 Å². The molecule has 2 aromatic carbocycles. The van der Waals surface area contributed by atoms with Crippen molar-refractivity contribution in [3.63, 3.8) is 0 Å². The van der Waals surface area contributed by atoms with Crippen LogP contribution in [-0.2, 0) is 4.79 Å². The third-order valence-electron chi connectivity index (χ3n) is 5.11. The van der Waals surface area contributed by atoms with Gasteiger partial charge in [0.25, 0.3) is 11.1 Å². The Morgan fingerprint density at radius 1 is 1.12 bits per heavy atom. The van der Waals surface area contributed by atoms with E-state index in [1.807, 2.05) is 32.0 Å². The molecular weight excluding hydrogens is 442 g/mol. The highest BCUT2D eigenvalue weighted by Crippen LogP contribution is 2.34. The predicted molar refractivity (Wildman–Crippen MR) is 125 cm³/mol. The summed E-state index contributed by atoms with van der Waals surface area (Å²) in [5.41, 5.74) is 2.59. The summed E-state index contributed by atoms with van der Waals surface area (Å²) in [6.45, 7) is 4.22. The molecule has 7 nitrogen and oxygen atoms in total. The Hall–Kier alpha value is -3.78. The number of carboxylic acid groups (broad SMARTS) is 1. The number of amides is 2. The van der Waals surface area contributed by atoms with Gasteiger partial charge in [-0.2, -0.15) is 0 Å². The van der Waals surface area contributed by atoms with Gasteiger partial charge in [0, 0.05) is 11.6 Å². The number of aryl methyl sites for hydroxylation is 2. The van der Waals surface area contributed by atoms with Gasteiger partial charge in [-0.05, 0) is 61.0 Å². The smallest absolute Gasteiger partial charge is 0.336 e. The van der Waals surface area contributed by atoms with Crippen LogP contribution >= 0.6 is 11.8 Å². The second-order valence-corrected chi connectivity index (χ2v) is 8.50. The number of ether oxygens (including phenoxy) is 1. The summed E-state index contributed by atoms with van der Waals surface area (Å²) in [4.78, 5) is 37.9. The van der Waals surface area contributed by atoms with Gasteiger partial charge in [-0.3, -0.25) is 14.5 Å². The first-order valence-corrected chi connectivity index (χ1v) is 11.0. The van der Waals surface area contributed by atoms with Crippen LogP contribution in [-0.4, -0.2) is 40.3 Å². The lowest BCUT2D eigenvalue weighted by Crippen LogP contribution is -2.32. The van der Waals surface area contributed by atoms with Crippen LogP contribution in [0.1, 0.15) is 27.2 Å². The number of nitrogens with zero attached hydrogens (tertiary/aromatic N) is 1. The van der Waals surface area contributed by atoms with Crippen LogP contribution in [0.2, 0.25) is 0 Å². The zero-order valence-corrected chi connectivity index (χ0v) is 18.8. The summed E-state index contributed by atoms with van der Waals surface area (Å²) < 4.78 is 11.5. The third kappa shape index (κ3) is 4.85. The van der Waals surface area contributed by atoms with Gasteiger partial charge >= 0.3 is 5.97 Å². The molecule has 1 N–H and O–H groups in total. The van der Waals surface area contributed by atoms with Gasteiger partial charge in [0.1, 0.15) is 23.9 Å². The minimum Gasteiger partial charge on any atom is -0.491 e. The number of thioether (sulfide) groups is 1. The average molecular weight is 464 g/mol.